The molecule has 2 rings (SSSR count). The average Bonchev–Trinajstić information content (AvgIpc) is 2.39. The van der Waals surface area contributed by atoms with Crippen LogP contribution in [-0.4, -0.2) is 28.0 Å². The van der Waals surface area contributed by atoms with Gasteiger partial charge in [0.25, 0.3) is 5.91 Å². The maximum absolute atomic E-state index is 12.1. The number of carbonyl (C=O) groups is 2. The van der Waals surface area contributed by atoms with Crippen molar-refractivity contribution in [3.8, 4) is 0 Å². The average molecular weight is 262 g/mol. The zero-order chi connectivity index (χ0) is 13.8. The highest BCUT2D eigenvalue weighted by Gasteiger charge is 2.21. The quantitative estimate of drug-likeness (QED) is 0.874. The molecule has 5 heteroatoms. The summed E-state index contributed by atoms with van der Waals surface area (Å²) in [6, 6.07) is 3.04. The van der Waals surface area contributed by atoms with Crippen molar-refractivity contribution < 1.29 is 14.7 Å². The number of pyridine rings is 1. The van der Waals surface area contributed by atoms with E-state index in [1.807, 2.05) is 0 Å². The van der Waals surface area contributed by atoms with Gasteiger partial charge in [-0.25, -0.2) is 9.78 Å². The number of nitrogens with one attached hydrogen (secondary N) is 1. The van der Waals surface area contributed by atoms with Crippen LogP contribution in [-0.2, 0) is 0 Å². The van der Waals surface area contributed by atoms with Gasteiger partial charge in [-0.2, -0.15) is 0 Å². The minimum Gasteiger partial charge on any atom is -0.477 e. The minimum atomic E-state index is -1.12. The van der Waals surface area contributed by atoms with Crippen molar-refractivity contribution in [2.45, 2.75) is 38.6 Å². The number of nitrogens with zero attached hydrogens (tertiary/aromatic N) is 1. The van der Waals surface area contributed by atoms with E-state index in [9.17, 15) is 9.59 Å². The van der Waals surface area contributed by atoms with Crippen LogP contribution in [0.4, 0.5) is 0 Å². The summed E-state index contributed by atoms with van der Waals surface area (Å²) >= 11 is 0. The summed E-state index contributed by atoms with van der Waals surface area (Å²) in [4.78, 5) is 26.6. The van der Waals surface area contributed by atoms with E-state index in [0.29, 0.717) is 11.5 Å². The molecule has 1 aromatic rings. The molecule has 1 fully saturated rings. The van der Waals surface area contributed by atoms with Crippen molar-refractivity contribution in [1.29, 1.82) is 0 Å². The third kappa shape index (κ3) is 3.53. The number of carboxylic acid groups (broad SMARTS) is 1. The van der Waals surface area contributed by atoms with Crippen LogP contribution in [0.25, 0.3) is 0 Å². The molecule has 2 atom stereocenters. The molecule has 0 radical (unpaired) electrons. The maximum Gasteiger partial charge on any atom is 0.354 e. The molecule has 19 heavy (non-hydrogen) atoms. The highest BCUT2D eigenvalue weighted by Crippen LogP contribution is 2.23. The molecule has 5 nitrogen and oxygen atoms in total. The second-order valence-electron chi connectivity index (χ2n) is 5.18. The van der Waals surface area contributed by atoms with Crippen molar-refractivity contribution in [2.24, 2.45) is 5.92 Å². The van der Waals surface area contributed by atoms with Gasteiger partial charge in [0.2, 0.25) is 0 Å². The molecule has 1 aliphatic carbocycles. The van der Waals surface area contributed by atoms with Gasteiger partial charge in [0, 0.05) is 17.8 Å². The van der Waals surface area contributed by atoms with Crippen LogP contribution in [0.3, 0.4) is 0 Å². The molecule has 1 aliphatic rings. The van der Waals surface area contributed by atoms with Crippen molar-refractivity contribution in [1.82, 2.24) is 10.3 Å². The summed E-state index contributed by atoms with van der Waals surface area (Å²) in [5, 5.41) is 11.8. The lowest BCUT2D eigenvalue weighted by Gasteiger charge is -2.27. The first kappa shape index (κ1) is 13.5. The Morgan fingerprint density at radius 2 is 2.21 bits per heavy atom. The van der Waals surface area contributed by atoms with Crippen LogP contribution in [0.2, 0.25) is 0 Å². The van der Waals surface area contributed by atoms with E-state index in [0.717, 1.165) is 19.3 Å². The molecule has 0 saturated heterocycles. The monoisotopic (exact) mass is 262 g/mol. The minimum absolute atomic E-state index is 0.107. The van der Waals surface area contributed by atoms with Gasteiger partial charge in [-0.1, -0.05) is 19.8 Å². The molecule has 1 aromatic heterocycles. The number of carbonyl (C=O) groups excluding carboxylic acids is 1. The highest BCUT2D eigenvalue weighted by atomic mass is 16.4. The van der Waals surface area contributed by atoms with E-state index in [2.05, 4.69) is 17.2 Å². The fourth-order valence-corrected chi connectivity index (χ4v) is 2.52. The first-order valence-corrected chi connectivity index (χ1v) is 6.56. The lowest BCUT2D eigenvalue weighted by atomic mass is 9.87. The van der Waals surface area contributed by atoms with Crippen LogP contribution in [0, 0.1) is 5.92 Å². The van der Waals surface area contributed by atoms with Gasteiger partial charge in [-0.3, -0.25) is 4.79 Å². The first-order valence-electron chi connectivity index (χ1n) is 6.56. The fraction of sp³-hybridized carbons (Fsp3) is 0.500. The summed E-state index contributed by atoms with van der Waals surface area (Å²) in [6.45, 7) is 2.19. The van der Waals surface area contributed by atoms with E-state index >= 15 is 0 Å². The topological polar surface area (TPSA) is 79.3 Å². The lowest BCUT2D eigenvalue weighted by Crippen LogP contribution is -2.38. The number of hydrogen-bond acceptors (Lipinski definition) is 3. The van der Waals surface area contributed by atoms with Crippen LogP contribution >= 0.6 is 0 Å². The summed E-state index contributed by atoms with van der Waals surface area (Å²) < 4.78 is 0. The Morgan fingerprint density at radius 1 is 1.42 bits per heavy atom. The van der Waals surface area contributed by atoms with Crippen molar-refractivity contribution in [3.63, 3.8) is 0 Å². The Hall–Kier alpha value is -1.91. The van der Waals surface area contributed by atoms with Gasteiger partial charge in [0.1, 0.15) is 5.69 Å². The van der Waals surface area contributed by atoms with Crippen molar-refractivity contribution in [3.05, 3.63) is 29.6 Å². The summed E-state index contributed by atoms with van der Waals surface area (Å²) in [7, 11) is 0. The molecular weight excluding hydrogens is 244 g/mol. The molecular formula is C14H18N2O3. The summed E-state index contributed by atoms with van der Waals surface area (Å²) in [5.41, 5.74) is 0.246. The number of hydrogen-bond donors (Lipinski definition) is 2. The molecule has 0 spiro atoms. The van der Waals surface area contributed by atoms with Gasteiger partial charge in [0.15, 0.2) is 0 Å². The second-order valence-corrected chi connectivity index (χ2v) is 5.18. The van der Waals surface area contributed by atoms with Crippen LogP contribution in [0.5, 0.6) is 0 Å². The largest absolute Gasteiger partial charge is 0.477 e. The smallest absolute Gasteiger partial charge is 0.354 e. The molecule has 1 amide bonds. The Balaban J connectivity index is 2.03. The van der Waals surface area contributed by atoms with Crippen LogP contribution < -0.4 is 5.32 Å². The van der Waals surface area contributed by atoms with E-state index in [-0.39, 0.29) is 17.6 Å². The zero-order valence-corrected chi connectivity index (χ0v) is 10.9. The number of amides is 1. The van der Waals surface area contributed by atoms with Gasteiger partial charge in [-0.15, -0.1) is 0 Å². The van der Waals surface area contributed by atoms with Gasteiger partial charge in [0.05, 0.1) is 0 Å². The fourth-order valence-electron chi connectivity index (χ4n) is 2.52. The number of carboxylic acids is 1. The molecule has 0 aliphatic heterocycles. The molecule has 0 bridgehead atoms. The molecule has 1 heterocycles. The first-order chi connectivity index (χ1) is 9.06. The SMILES string of the molecule is CC1CCCC(NC(=O)c2ccnc(C(=O)O)c2)C1. The van der Waals surface area contributed by atoms with Crippen LogP contribution in [0.15, 0.2) is 18.3 Å². The van der Waals surface area contributed by atoms with E-state index in [4.69, 9.17) is 5.11 Å². The van der Waals surface area contributed by atoms with Crippen molar-refractivity contribution in [2.75, 3.05) is 0 Å². The normalized spacial score (nSPS) is 22.8. The number of rotatable bonds is 3. The van der Waals surface area contributed by atoms with Gasteiger partial charge in [-0.05, 0) is 30.9 Å². The van der Waals surface area contributed by atoms with Gasteiger partial charge < -0.3 is 10.4 Å². The van der Waals surface area contributed by atoms with E-state index in [1.165, 1.54) is 24.8 Å². The summed E-state index contributed by atoms with van der Waals surface area (Å²) in [6.07, 6.45) is 5.67. The maximum atomic E-state index is 12.1. The second kappa shape index (κ2) is 5.82. The lowest BCUT2D eigenvalue weighted by molar-refractivity contribution is 0.0690. The molecule has 2 unspecified atom stereocenters. The predicted octanol–water partition coefficient (Wildman–Crippen LogP) is 2.09. The van der Waals surface area contributed by atoms with E-state index in [1.54, 1.807) is 0 Å². The third-order valence-electron chi connectivity index (χ3n) is 3.51. The predicted molar refractivity (Wildman–Crippen MR) is 70.1 cm³/mol. The number of aromatic nitrogens is 1. The standard InChI is InChI=1S/C14H18N2O3/c1-9-3-2-4-11(7-9)16-13(17)10-5-6-15-12(8-10)14(18)19/h5-6,8-9,11H,2-4,7H2,1H3,(H,16,17)(H,18,19). The third-order valence-corrected chi connectivity index (χ3v) is 3.51. The molecule has 1 saturated carbocycles. The Labute approximate surface area is 112 Å². The zero-order valence-electron chi connectivity index (χ0n) is 10.9. The Kier molecular flexibility index (Phi) is 4.14. The van der Waals surface area contributed by atoms with E-state index < -0.39 is 5.97 Å². The number of aromatic carboxylic acids is 1. The van der Waals surface area contributed by atoms with Crippen molar-refractivity contribution >= 4 is 11.9 Å². The Bertz CT molecular complexity index is 487. The van der Waals surface area contributed by atoms with Crippen LogP contribution in [0.1, 0.15) is 53.5 Å². The highest BCUT2D eigenvalue weighted by molar-refractivity contribution is 5.96. The van der Waals surface area contributed by atoms with Gasteiger partial charge >= 0.3 is 5.97 Å². The molecule has 102 valence electrons. The summed E-state index contributed by atoms with van der Waals surface area (Å²) in [5.74, 6) is -0.712. The molecule has 2 N–H and O–H groups in total. The molecule has 0 aromatic carbocycles. The Morgan fingerprint density at radius 3 is 2.89 bits per heavy atom.